The van der Waals surface area contributed by atoms with Crippen molar-refractivity contribution in [2.75, 3.05) is 5.32 Å². The van der Waals surface area contributed by atoms with E-state index in [9.17, 15) is 4.79 Å². The maximum Gasteiger partial charge on any atom is 0.257 e. The summed E-state index contributed by atoms with van der Waals surface area (Å²) in [6.07, 6.45) is 0. The monoisotopic (exact) mass is 205 g/mol. The lowest BCUT2D eigenvalue weighted by molar-refractivity contribution is 0.103. The fraction of sp³-hybridized carbons (Fsp3) is 0. The molecule has 0 spiro atoms. The summed E-state index contributed by atoms with van der Waals surface area (Å²) < 4.78 is 0. The molecule has 0 radical (unpaired) electrons. The smallest absolute Gasteiger partial charge is 0.257 e. The number of aromatic nitrogens is 2. The molecule has 0 fully saturated rings. The minimum absolute atomic E-state index is 0.151. The number of halogens is 1. The molecule has 1 aliphatic rings. The van der Waals surface area contributed by atoms with Gasteiger partial charge in [0.1, 0.15) is 0 Å². The standard InChI is InChI=1S/C9H4ClN3O/c10-7-4-2-1-3-5-6(4)8(13-12-7)11-9(5)14/h1-3H,(H,11,13,14). The van der Waals surface area contributed by atoms with Crippen LogP contribution in [-0.2, 0) is 0 Å². The van der Waals surface area contributed by atoms with Gasteiger partial charge in [0.15, 0.2) is 11.0 Å². The van der Waals surface area contributed by atoms with Gasteiger partial charge in [0.2, 0.25) is 0 Å². The first-order valence-electron chi connectivity index (χ1n) is 4.03. The first-order valence-corrected chi connectivity index (χ1v) is 4.41. The number of nitrogens with zero attached hydrogens (tertiary/aromatic N) is 2. The zero-order chi connectivity index (χ0) is 9.71. The van der Waals surface area contributed by atoms with Gasteiger partial charge in [-0.1, -0.05) is 23.7 Å². The maximum absolute atomic E-state index is 11.4. The molecule has 1 aromatic heterocycles. The van der Waals surface area contributed by atoms with Crippen LogP contribution in [0.3, 0.4) is 0 Å². The molecule has 1 aromatic carbocycles. The summed E-state index contributed by atoms with van der Waals surface area (Å²) in [6, 6.07) is 5.34. The van der Waals surface area contributed by atoms with Crippen molar-refractivity contribution in [3.8, 4) is 0 Å². The van der Waals surface area contributed by atoms with Crippen LogP contribution in [0.4, 0.5) is 5.82 Å². The van der Waals surface area contributed by atoms with Gasteiger partial charge in [0.25, 0.3) is 5.91 Å². The molecule has 68 valence electrons. The largest absolute Gasteiger partial charge is 0.304 e. The van der Waals surface area contributed by atoms with Crippen LogP contribution >= 0.6 is 11.6 Å². The Balaban J connectivity index is 2.58. The Morgan fingerprint density at radius 3 is 3.00 bits per heavy atom. The Kier molecular flexibility index (Phi) is 1.33. The highest BCUT2D eigenvalue weighted by molar-refractivity contribution is 6.36. The van der Waals surface area contributed by atoms with Gasteiger partial charge in [-0.3, -0.25) is 4.79 Å². The van der Waals surface area contributed by atoms with Crippen LogP contribution in [-0.4, -0.2) is 16.1 Å². The Bertz CT molecular complexity index is 567. The van der Waals surface area contributed by atoms with E-state index >= 15 is 0 Å². The van der Waals surface area contributed by atoms with Gasteiger partial charge in [-0.2, -0.15) is 0 Å². The van der Waals surface area contributed by atoms with E-state index in [1.807, 2.05) is 6.07 Å². The van der Waals surface area contributed by atoms with Crippen LogP contribution in [0.15, 0.2) is 18.2 Å². The number of anilines is 1. The zero-order valence-electron chi connectivity index (χ0n) is 6.91. The number of carbonyl (C=O) groups excluding carboxylic acids is 1. The van der Waals surface area contributed by atoms with Crippen molar-refractivity contribution in [2.24, 2.45) is 0 Å². The first kappa shape index (κ1) is 7.70. The number of hydrogen-bond acceptors (Lipinski definition) is 3. The molecule has 1 amide bonds. The normalized spacial score (nSPS) is 13.4. The van der Waals surface area contributed by atoms with Crippen molar-refractivity contribution in [3.63, 3.8) is 0 Å². The summed E-state index contributed by atoms with van der Waals surface area (Å²) in [5.41, 5.74) is 0.606. The summed E-state index contributed by atoms with van der Waals surface area (Å²) >= 11 is 5.86. The minimum atomic E-state index is -0.151. The molecule has 2 aromatic rings. The molecule has 5 heteroatoms. The molecule has 3 rings (SSSR count). The van der Waals surface area contributed by atoms with Gasteiger partial charge < -0.3 is 5.32 Å². The third-order valence-electron chi connectivity index (χ3n) is 2.24. The Morgan fingerprint density at radius 2 is 2.14 bits per heavy atom. The number of nitrogens with one attached hydrogen (secondary N) is 1. The molecule has 0 saturated carbocycles. The van der Waals surface area contributed by atoms with Gasteiger partial charge in [0.05, 0.1) is 5.56 Å². The van der Waals surface area contributed by atoms with E-state index in [1.54, 1.807) is 12.1 Å². The Hall–Kier alpha value is -1.68. The number of benzene rings is 1. The van der Waals surface area contributed by atoms with E-state index < -0.39 is 0 Å². The van der Waals surface area contributed by atoms with Crippen LogP contribution in [0.5, 0.6) is 0 Å². The van der Waals surface area contributed by atoms with Crippen LogP contribution in [0.2, 0.25) is 5.15 Å². The second-order valence-corrected chi connectivity index (χ2v) is 3.38. The molecule has 0 aliphatic carbocycles. The second kappa shape index (κ2) is 2.42. The summed E-state index contributed by atoms with van der Waals surface area (Å²) in [5.74, 6) is 0.340. The van der Waals surface area contributed by atoms with Gasteiger partial charge in [-0.25, -0.2) is 0 Å². The lowest BCUT2D eigenvalue weighted by Gasteiger charge is -1.98. The van der Waals surface area contributed by atoms with Gasteiger partial charge >= 0.3 is 0 Å². The molecular formula is C9H4ClN3O. The molecule has 14 heavy (non-hydrogen) atoms. The fourth-order valence-electron chi connectivity index (χ4n) is 1.63. The number of amides is 1. The molecule has 1 aliphatic heterocycles. The highest BCUT2D eigenvalue weighted by Crippen LogP contribution is 2.33. The van der Waals surface area contributed by atoms with Gasteiger partial charge in [-0.05, 0) is 6.07 Å². The Labute approximate surface area is 83.9 Å². The molecule has 2 heterocycles. The summed E-state index contributed by atoms with van der Waals surface area (Å²) in [4.78, 5) is 11.4. The molecule has 0 bridgehead atoms. The predicted molar refractivity (Wildman–Crippen MR) is 52.5 cm³/mol. The van der Waals surface area contributed by atoms with Crippen LogP contribution < -0.4 is 5.32 Å². The third-order valence-corrected chi connectivity index (χ3v) is 2.52. The maximum atomic E-state index is 11.4. The van der Waals surface area contributed by atoms with E-state index in [0.717, 1.165) is 10.8 Å². The van der Waals surface area contributed by atoms with E-state index in [4.69, 9.17) is 11.6 Å². The van der Waals surface area contributed by atoms with E-state index in [0.29, 0.717) is 16.5 Å². The number of hydrogen-bond donors (Lipinski definition) is 1. The average molecular weight is 206 g/mol. The topological polar surface area (TPSA) is 54.9 Å². The van der Waals surface area contributed by atoms with E-state index in [2.05, 4.69) is 15.5 Å². The van der Waals surface area contributed by atoms with Crippen LogP contribution in [0.1, 0.15) is 10.4 Å². The quantitative estimate of drug-likeness (QED) is 0.714. The minimum Gasteiger partial charge on any atom is -0.304 e. The SMILES string of the molecule is O=C1Nc2nnc(Cl)c3cccc1c23. The van der Waals surface area contributed by atoms with Crippen molar-refractivity contribution in [3.05, 3.63) is 28.9 Å². The van der Waals surface area contributed by atoms with Crippen molar-refractivity contribution in [2.45, 2.75) is 0 Å². The van der Waals surface area contributed by atoms with E-state index in [-0.39, 0.29) is 5.91 Å². The molecular weight excluding hydrogens is 202 g/mol. The summed E-state index contributed by atoms with van der Waals surface area (Å²) in [5, 5.41) is 12.0. The second-order valence-electron chi connectivity index (χ2n) is 3.02. The van der Waals surface area contributed by atoms with Crippen LogP contribution in [0, 0.1) is 0 Å². The predicted octanol–water partition coefficient (Wildman–Crippen LogP) is 1.85. The van der Waals surface area contributed by atoms with Crippen molar-refractivity contribution < 1.29 is 4.79 Å². The fourth-order valence-corrected chi connectivity index (χ4v) is 1.82. The summed E-state index contributed by atoms with van der Waals surface area (Å²) in [7, 11) is 0. The molecule has 0 unspecified atom stereocenters. The highest BCUT2D eigenvalue weighted by atomic mass is 35.5. The molecule has 0 saturated heterocycles. The van der Waals surface area contributed by atoms with Crippen molar-refractivity contribution in [1.82, 2.24) is 10.2 Å². The molecule has 4 nitrogen and oxygen atoms in total. The highest BCUT2D eigenvalue weighted by Gasteiger charge is 2.23. The summed E-state index contributed by atoms with van der Waals surface area (Å²) in [6.45, 7) is 0. The molecule has 0 atom stereocenters. The average Bonchev–Trinajstić information content (AvgIpc) is 2.52. The lowest BCUT2D eigenvalue weighted by Crippen LogP contribution is -2.04. The third kappa shape index (κ3) is 0.807. The van der Waals surface area contributed by atoms with Crippen molar-refractivity contribution >= 4 is 34.1 Å². The number of rotatable bonds is 0. The number of carbonyl (C=O) groups is 1. The van der Waals surface area contributed by atoms with E-state index in [1.165, 1.54) is 0 Å². The van der Waals surface area contributed by atoms with Gasteiger partial charge in [0, 0.05) is 10.8 Å². The van der Waals surface area contributed by atoms with Crippen molar-refractivity contribution in [1.29, 1.82) is 0 Å². The Morgan fingerprint density at radius 1 is 1.29 bits per heavy atom. The molecule has 1 N–H and O–H groups in total. The van der Waals surface area contributed by atoms with Gasteiger partial charge in [-0.15, -0.1) is 10.2 Å². The van der Waals surface area contributed by atoms with Crippen LogP contribution in [0.25, 0.3) is 10.8 Å². The first-order chi connectivity index (χ1) is 6.77. The lowest BCUT2D eigenvalue weighted by atomic mass is 10.1. The zero-order valence-corrected chi connectivity index (χ0v) is 7.67.